The van der Waals surface area contributed by atoms with Gasteiger partial charge in [-0.2, -0.15) is 0 Å². The molecule has 5 heteroatoms. The van der Waals surface area contributed by atoms with Gasteiger partial charge in [0.15, 0.2) is 5.75 Å². The number of hydrogen-bond donors (Lipinski definition) is 1. The number of rotatable bonds is 4. The fourth-order valence-electron chi connectivity index (χ4n) is 3.97. The molecule has 0 spiro atoms. The quantitative estimate of drug-likeness (QED) is 0.406. The third-order valence-corrected chi connectivity index (χ3v) is 5.66. The second kappa shape index (κ2) is 8.63. The first-order chi connectivity index (χ1) is 16.1. The van der Waals surface area contributed by atoms with Gasteiger partial charge in [-0.25, -0.2) is 0 Å². The molecule has 4 aromatic carbocycles. The summed E-state index contributed by atoms with van der Waals surface area (Å²) in [4.78, 5) is 27.8. The number of benzene rings is 4. The van der Waals surface area contributed by atoms with Gasteiger partial charge in [-0.3, -0.25) is 9.59 Å². The van der Waals surface area contributed by atoms with E-state index in [2.05, 4.69) is 5.32 Å². The van der Waals surface area contributed by atoms with Crippen LogP contribution in [0.3, 0.4) is 0 Å². The van der Waals surface area contributed by atoms with Gasteiger partial charge in [0.1, 0.15) is 5.75 Å². The van der Waals surface area contributed by atoms with Crippen molar-refractivity contribution in [2.45, 2.75) is 6.92 Å². The lowest BCUT2D eigenvalue weighted by molar-refractivity contribution is 0.0985. The van der Waals surface area contributed by atoms with E-state index in [4.69, 9.17) is 4.74 Å². The summed E-state index contributed by atoms with van der Waals surface area (Å²) in [7, 11) is 0. The molecule has 1 aliphatic heterocycles. The van der Waals surface area contributed by atoms with Crippen LogP contribution in [0.1, 0.15) is 27.6 Å². The number of ether oxygens (including phenoxy) is 1. The van der Waals surface area contributed by atoms with Crippen molar-refractivity contribution in [3.8, 4) is 22.6 Å². The van der Waals surface area contributed by atoms with Gasteiger partial charge in [0.05, 0.1) is 11.3 Å². The highest BCUT2D eigenvalue weighted by molar-refractivity contribution is 6.11. The van der Waals surface area contributed by atoms with Gasteiger partial charge in [-0.15, -0.1) is 0 Å². The van der Waals surface area contributed by atoms with Crippen LogP contribution in [0.4, 0.5) is 11.4 Å². The van der Waals surface area contributed by atoms with Crippen LogP contribution in [-0.4, -0.2) is 18.4 Å². The highest BCUT2D eigenvalue weighted by atomic mass is 16.5. The Labute approximate surface area is 192 Å². The Balaban J connectivity index is 1.39. The van der Waals surface area contributed by atoms with Crippen LogP contribution in [-0.2, 0) is 0 Å². The summed E-state index contributed by atoms with van der Waals surface area (Å²) in [6.45, 7) is 2.42. The molecule has 0 atom stereocenters. The summed E-state index contributed by atoms with van der Waals surface area (Å²) in [6, 6.07) is 30.0. The Kier molecular flexibility index (Phi) is 5.37. The van der Waals surface area contributed by atoms with Gasteiger partial charge in [0.25, 0.3) is 11.8 Å². The lowest BCUT2D eigenvalue weighted by atomic mass is 10.0. The van der Waals surface area contributed by atoms with E-state index in [-0.39, 0.29) is 11.8 Å². The number of fused-ring (bicyclic) bond motifs is 2. The fraction of sp³-hybridized carbons (Fsp3) is 0.0714. The van der Waals surface area contributed by atoms with Crippen molar-refractivity contribution in [2.75, 3.05) is 16.8 Å². The van der Waals surface area contributed by atoms with Crippen molar-refractivity contribution >= 4 is 23.2 Å². The van der Waals surface area contributed by atoms with Crippen LogP contribution in [0.25, 0.3) is 11.1 Å². The number of anilines is 2. The first-order valence-electron chi connectivity index (χ1n) is 10.8. The zero-order valence-electron chi connectivity index (χ0n) is 18.1. The van der Waals surface area contributed by atoms with Crippen LogP contribution < -0.4 is 15.0 Å². The van der Waals surface area contributed by atoms with E-state index in [0.717, 1.165) is 16.8 Å². The largest absolute Gasteiger partial charge is 0.454 e. The highest BCUT2D eigenvalue weighted by Gasteiger charge is 2.27. The van der Waals surface area contributed by atoms with E-state index >= 15 is 0 Å². The Morgan fingerprint density at radius 3 is 2.27 bits per heavy atom. The van der Waals surface area contributed by atoms with E-state index in [1.165, 1.54) is 0 Å². The first kappa shape index (κ1) is 20.5. The first-order valence-corrected chi connectivity index (χ1v) is 10.8. The SMILES string of the molecule is CCN1C(=O)c2cc(NC(=O)c3ccc(-c4ccccc4)cc3)ccc2Oc2ccccc21. The smallest absolute Gasteiger partial charge is 0.262 e. The van der Waals surface area contributed by atoms with Gasteiger partial charge in [0, 0.05) is 17.8 Å². The summed E-state index contributed by atoms with van der Waals surface area (Å²) in [6.07, 6.45) is 0. The van der Waals surface area contributed by atoms with E-state index in [1.54, 1.807) is 35.2 Å². The average Bonchev–Trinajstić information content (AvgIpc) is 2.98. The van der Waals surface area contributed by atoms with Crippen LogP contribution >= 0.6 is 0 Å². The van der Waals surface area contributed by atoms with Crippen LogP contribution in [0.15, 0.2) is 97.1 Å². The summed E-state index contributed by atoms with van der Waals surface area (Å²) in [5, 5.41) is 2.90. The Morgan fingerprint density at radius 2 is 1.52 bits per heavy atom. The lowest BCUT2D eigenvalue weighted by Crippen LogP contribution is -2.29. The molecular formula is C28H22N2O3. The Hall–Kier alpha value is -4.38. The van der Waals surface area contributed by atoms with E-state index < -0.39 is 0 Å². The lowest BCUT2D eigenvalue weighted by Gasteiger charge is -2.19. The summed E-state index contributed by atoms with van der Waals surface area (Å²) in [5.74, 6) is 0.684. The molecule has 4 aromatic rings. The molecule has 1 heterocycles. The zero-order chi connectivity index (χ0) is 22.8. The molecule has 5 rings (SSSR count). The predicted molar refractivity (Wildman–Crippen MR) is 130 cm³/mol. The van der Waals surface area contributed by atoms with E-state index in [0.29, 0.717) is 34.9 Å². The third kappa shape index (κ3) is 3.96. The number of para-hydroxylation sites is 2. The number of nitrogens with one attached hydrogen (secondary N) is 1. The number of nitrogens with zero attached hydrogens (tertiary/aromatic N) is 1. The molecule has 2 amide bonds. The molecular weight excluding hydrogens is 412 g/mol. The molecule has 0 bridgehead atoms. The third-order valence-electron chi connectivity index (χ3n) is 5.66. The molecule has 0 saturated heterocycles. The zero-order valence-corrected chi connectivity index (χ0v) is 18.1. The number of amides is 2. The highest BCUT2D eigenvalue weighted by Crippen LogP contribution is 2.39. The molecule has 0 radical (unpaired) electrons. The van der Waals surface area contributed by atoms with Crippen LogP contribution in [0.5, 0.6) is 11.5 Å². The van der Waals surface area contributed by atoms with Crippen molar-refractivity contribution in [2.24, 2.45) is 0 Å². The van der Waals surface area contributed by atoms with Crippen molar-refractivity contribution in [3.05, 3.63) is 108 Å². The number of hydrogen-bond acceptors (Lipinski definition) is 3. The van der Waals surface area contributed by atoms with Gasteiger partial charge >= 0.3 is 0 Å². The van der Waals surface area contributed by atoms with E-state index in [1.807, 2.05) is 73.7 Å². The number of carbonyl (C=O) groups excluding carboxylic acids is 2. The second-order valence-corrected chi connectivity index (χ2v) is 7.73. The second-order valence-electron chi connectivity index (χ2n) is 7.73. The maximum absolute atomic E-state index is 13.2. The minimum atomic E-state index is -0.243. The fourth-order valence-corrected chi connectivity index (χ4v) is 3.97. The van der Waals surface area contributed by atoms with Crippen LogP contribution in [0, 0.1) is 0 Å². The molecule has 0 aromatic heterocycles. The molecule has 1 aliphatic rings. The molecule has 1 N–H and O–H groups in total. The minimum Gasteiger partial charge on any atom is -0.454 e. The van der Waals surface area contributed by atoms with Gasteiger partial charge in [-0.05, 0) is 60.5 Å². The standard InChI is InChI=1S/C28H22N2O3/c1-2-30-24-10-6-7-11-26(24)33-25-17-16-22(18-23(25)28(30)32)29-27(31)21-14-12-20(13-15-21)19-8-4-3-5-9-19/h3-18H,2H2,1H3,(H,29,31). The summed E-state index contributed by atoms with van der Waals surface area (Å²) >= 11 is 0. The summed E-state index contributed by atoms with van der Waals surface area (Å²) < 4.78 is 6.03. The van der Waals surface area contributed by atoms with Crippen molar-refractivity contribution < 1.29 is 14.3 Å². The Morgan fingerprint density at radius 1 is 0.818 bits per heavy atom. The molecule has 0 aliphatic carbocycles. The van der Waals surface area contributed by atoms with Crippen molar-refractivity contribution in [1.29, 1.82) is 0 Å². The van der Waals surface area contributed by atoms with E-state index in [9.17, 15) is 9.59 Å². The number of carbonyl (C=O) groups is 2. The maximum atomic E-state index is 13.2. The van der Waals surface area contributed by atoms with Crippen LogP contribution in [0.2, 0.25) is 0 Å². The minimum absolute atomic E-state index is 0.166. The van der Waals surface area contributed by atoms with Gasteiger partial charge in [0.2, 0.25) is 0 Å². The monoisotopic (exact) mass is 434 g/mol. The average molecular weight is 434 g/mol. The molecule has 5 nitrogen and oxygen atoms in total. The Bertz CT molecular complexity index is 1330. The summed E-state index contributed by atoms with van der Waals surface area (Å²) in [5.41, 5.74) is 4.34. The normalized spacial score (nSPS) is 12.3. The molecule has 0 saturated carbocycles. The van der Waals surface area contributed by atoms with Crippen molar-refractivity contribution in [1.82, 2.24) is 0 Å². The molecule has 0 fully saturated rings. The topological polar surface area (TPSA) is 58.6 Å². The molecule has 33 heavy (non-hydrogen) atoms. The molecule has 0 unspecified atom stereocenters. The predicted octanol–water partition coefficient (Wildman–Crippen LogP) is 6.38. The van der Waals surface area contributed by atoms with Gasteiger partial charge in [-0.1, -0.05) is 54.6 Å². The van der Waals surface area contributed by atoms with Gasteiger partial charge < -0.3 is 15.0 Å². The molecule has 162 valence electrons. The van der Waals surface area contributed by atoms with Crippen molar-refractivity contribution in [3.63, 3.8) is 0 Å². The maximum Gasteiger partial charge on any atom is 0.262 e.